The number of anilines is 1. The van der Waals surface area contributed by atoms with Crippen LogP contribution in [0.2, 0.25) is 0 Å². The predicted octanol–water partition coefficient (Wildman–Crippen LogP) is 4.59. The maximum atomic E-state index is 3.62. The Bertz CT molecular complexity index is 341. The highest BCUT2D eigenvalue weighted by Gasteiger charge is 2.03. The lowest BCUT2D eigenvalue weighted by molar-refractivity contribution is 0.487. The highest BCUT2D eigenvalue weighted by molar-refractivity contribution is 5.47. The minimum Gasteiger partial charge on any atom is -0.372 e. The van der Waals surface area contributed by atoms with Gasteiger partial charge in [0.1, 0.15) is 0 Å². The fraction of sp³-hybridized carbons (Fsp3) is 0.667. The number of unbranched alkanes of at least 4 members (excludes halogenated alkanes) is 2. The number of benzene rings is 1. The first-order valence-electron chi connectivity index (χ1n) is 8.28. The molecule has 0 saturated carbocycles. The van der Waals surface area contributed by atoms with Crippen LogP contribution in [0, 0.1) is 0 Å². The van der Waals surface area contributed by atoms with Crippen LogP contribution in [0.4, 0.5) is 5.69 Å². The van der Waals surface area contributed by atoms with Crippen molar-refractivity contribution in [3.63, 3.8) is 0 Å². The highest BCUT2D eigenvalue weighted by Crippen LogP contribution is 2.15. The molecule has 0 heterocycles. The van der Waals surface area contributed by atoms with Gasteiger partial charge in [-0.1, -0.05) is 38.3 Å². The van der Waals surface area contributed by atoms with Crippen LogP contribution in [0.25, 0.3) is 0 Å². The molecule has 1 aromatic rings. The van der Waals surface area contributed by atoms with E-state index >= 15 is 0 Å². The van der Waals surface area contributed by atoms with Gasteiger partial charge in [0.2, 0.25) is 0 Å². The molecule has 2 nitrogen and oxygen atoms in total. The third kappa shape index (κ3) is 5.96. The number of rotatable bonds is 10. The van der Waals surface area contributed by atoms with Crippen LogP contribution >= 0.6 is 0 Å². The van der Waals surface area contributed by atoms with Gasteiger partial charge in [-0.2, -0.15) is 0 Å². The molecule has 0 bridgehead atoms. The van der Waals surface area contributed by atoms with Gasteiger partial charge in [-0.3, -0.25) is 0 Å². The third-order valence-electron chi connectivity index (χ3n) is 3.96. The first kappa shape index (κ1) is 17.0. The zero-order valence-corrected chi connectivity index (χ0v) is 13.8. The number of hydrogen-bond donors (Lipinski definition) is 1. The van der Waals surface area contributed by atoms with E-state index in [1.54, 1.807) is 0 Å². The average molecular weight is 276 g/mol. The molecule has 0 aromatic heterocycles. The fourth-order valence-corrected chi connectivity index (χ4v) is 2.51. The van der Waals surface area contributed by atoms with Crippen molar-refractivity contribution in [3.8, 4) is 0 Å². The lowest BCUT2D eigenvalue weighted by Crippen LogP contribution is -2.25. The highest BCUT2D eigenvalue weighted by atomic mass is 15.1. The summed E-state index contributed by atoms with van der Waals surface area (Å²) in [7, 11) is 0. The first-order chi connectivity index (χ1) is 9.71. The summed E-state index contributed by atoms with van der Waals surface area (Å²) in [5.74, 6) is 0. The summed E-state index contributed by atoms with van der Waals surface area (Å²) in [4.78, 5) is 2.38. The van der Waals surface area contributed by atoms with Crippen LogP contribution in [-0.4, -0.2) is 19.1 Å². The quantitative estimate of drug-likeness (QED) is 0.629. The summed E-state index contributed by atoms with van der Waals surface area (Å²) in [5.41, 5.74) is 2.71. The molecule has 0 aliphatic rings. The number of hydrogen-bond acceptors (Lipinski definition) is 2. The van der Waals surface area contributed by atoms with Crippen molar-refractivity contribution in [1.29, 1.82) is 0 Å². The standard InChI is InChI=1S/C18H32N2/c1-5-8-9-10-16(4)19-15-17-11-13-18(14-12-17)20(6-2)7-3/h11-14,16,19H,5-10,15H2,1-4H3. The maximum Gasteiger partial charge on any atom is 0.0366 e. The zero-order chi connectivity index (χ0) is 14.8. The van der Waals surface area contributed by atoms with E-state index in [-0.39, 0.29) is 0 Å². The molecule has 1 rings (SSSR count). The summed E-state index contributed by atoms with van der Waals surface area (Å²) in [5, 5.41) is 3.62. The van der Waals surface area contributed by atoms with Crippen molar-refractivity contribution >= 4 is 5.69 Å². The van der Waals surface area contributed by atoms with Gasteiger partial charge in [0.05, 0.1) is 0 Å². The Morgan fingerprint density at radius 1 is 1.00 bits per heavy atom. The van der Waals surface area contributed by atoms with Crippen LogP contribution in [0.5, 0.6) is 0 Å². The Labute approximate surface area is 125 Å². The van der Waals surface area contributed by atoms with Crippen molar-refractivity contribution in [3.05, 3.63) is 29.8 Å². The monoisotopic (exact) mass is 276 g/mol. The smallest absolute Gasteiger partial charge is 0.0366 e. The van der Waals surface area contributed by atoms with Crippen LogP contribution in [0.3, 0.4) is 0 Å². The molecule has 0 aliphatic carbocycles. The van der Waals surface area contributed by atoms with E-state index in [0.717, 1.165) is 19.6 Å². The van der Waals surface area contributed by atoms with Gasteiger partial charge in [0.15, 0.2) is 0 Å². The summed E-state index contributed by atoms with van der Waals surface area (Å²) in [6, 6.07) is 9.60. The third-order valence-corrected chi connectivity index (χ3v) is 3.96. The van der Waals surface area contributed by atoms with E-state index in [1.807, 2.05) is 0 Å². The van der Waals surface area contributed by atoms with E-state index < -0.39 is 0 Å². The van der Waals surface area contributed by atoms with Crippen LogP contribution in [-0.2, 0) is 6.54 Å². The minimum atomic E-state index is 0.615. The van der Waals surface area contributed by atoms with Gasteiger partial charge in [-0.15, -0.1) is 0 Å². The molecule has 1 atom stereocenters. The topological polar surface area (TPSA) is 15.3 Å². The zero-order valence-electron chi connectivity index (χ0n) is 13.8. The van der Waals surface area contributed by atoms with E-state index in [9.17, 15) is 0 Å². The van der Waals surface area contributed by atoms with Gasteiger partial charge in [-0.05, 0) is 44.9 Å². The summed E-state index contributed by atoms with van der Waals surface area (Å²) in [6.45, 7) is 12.1. The molecule has 0 aliphatic heterocycles. The van der Waals surface area contributed by atoms with Gasteiger partial charge in [0, 0.05) is 31.4 Å². The fourth-order valence-electron chi connectivity index (χ4n) is 2.51. The van der Waals surface area contributed by atoms with Crippen molar-refractivity contribution in [2.45, 2.75) is 66.0 Å². The Hall–Kier alpha value is -1.02. The van der Waals surface area contributed by atoms with Crippen molar-refractivity contribution in [1.82, 2.24) is 5.32 Å². The van der Waals surface area contributed by atoms with Crippen molar-refractivity contribution in [2.24, 2.45) is 0 Å². The van der Waals surface area contributed by atoms with Crippen molar-refractivity contribution in [2.75, 3.05) is 18.0 Å². The average Bonchev–Trinajstić information content (AvgIpc) is 2.48. The molecule has 1 aromatic carbocycles. The molecule has 20 heavy (non-hydrogen) atoms. The Morgan fingerprint density at radius 2 is 1.65 bits per heavy atom. The second-order valence-electron chi connectivity index (χ2n) is 5.62. The van der Waals surface area contributed by atoms with Crippen LogP contribution in [0.1, 0.15) is 58.9 Å². The molecule has 0 amide bonds. The number of nitrogens with zero attached hydrogens (tertiary/aromatic N) is 1. The minimum absolute atomic E-state index is 0.615. The molecule has 114 valence electrons. The van der Waals surface area contributed by atoms with Crippen LogP contribution in [0.15, 0.2) is 24.3 Å². The largest absolute Gasteiger partial charge is 0.372 e. The molecular weight excluding hydrogens is 244 g/mol. The lowest BCUT2D eigenvalue weighted by atomic mass is 10.1. The van der Waals surface area contributed by atoms with E-state index in [1.165, 1.54) is 36.9 Å². The summed E-state index contributed by atoms with van der Waals surface area (Å²) >= 11 is 0. The lowest BCUT2D eigenvalue weighted by Gasteiger charge is -2.21. The predicted molar refractivity (Wildman–Crippen MR) is 90.4 cm³/mol. The van der Waals surface area contributed by atoms with E-state index in [0.29, 0.717) is 6.04 Å². The van der Waals surface area contributed by atoms with E-state index in [4.69, 9.17) is 0 Å². The molecule has 1 N–H and O–H groups in total. The molecule has 0 spiro atoms. The Morgan fingerprint density at radius 3 is 2.20 bits per heavy atom. The summed E-state index contributed by atoms with van der Waals surface area (Å²) in [6.07, 6.45) is 5.28. The first-order valence-corrected chi connectivity index (χ1v) is 8.28. The molecule has 0 fully saturated rings. The SMILES string of the molecule is CCCCCC(C)NCc1ccc(N(CC)CC)cc1. The number of nitrogens with one attached hydrogen (secondary N) is 1. The molecule has 0 radical (unpaired) electrons. The molecular formula is C18H32N2. The molecule has 2 heteroatoms. The Balaban J connectivity index is 2.37. The Kier molecular flexibility index (Phi) is 8.36. The molecule has 0 saturated heterocycles. The molecule has 1 unspecified atom stereocenters. The second kappa shape index (κ2) is 9.82. The maximum absolute atomic E-state index is 3.62. The van der Waals surface area contributed by atoms with Crippen molar-refractivity contribution < 1.29 is 0 Å². The van der Waals surface area contributed by atoms with E-state index in [2.05, 4.69) is 62.2 Å². The van der Waals surface area contributed by atoms with Gasteiger partial charge in [0.25, 0.3) is 0 Å². The summed E-state index contributed by atoms with van der Waals surface area (Å²) < 4.78 is 0. The second-order valence-corrected chi connectivity index (χ2v) is 5.62. The van der Waals surface area contributed by atoms with Gasteiger partial charge < -0.3 is 10.2 Å². The normalized spacial score (nSPS) is 12.4. The van der Waals surface area contributed by atoms with Gasteiger partial charge in [-0.25, -0.2) is 0 Å². The van der Waals surface area contributed by atoms with Crippen LogP contribution < -0.4 is 10.2 Å². The van der Waals surface area contributed by atoms with Gasteiger partial charge >= 0.3 is 0 Å².